The van der Waals surface area contributed by atoms with Crippen LogP contribution in [0.3, 0.4) is 0 Å². The molecule has 1 saturated heterocycles. The zero-order valence-electron chi connectivity index (χ0n) is 19.7. The lowest BCUT2D eigenvalue weighted by atomic mass is 10.1. The molecular weight excluding hydrogens is 468 g/mol. The molecule has 9 nitrogen and oxygen atoms in total. The lowest BCUT2D eigenvalue weighted by Gasteiger charge is -2.23. The van der Waals surface area contributed by atoms with Gasteiger partial charge in [-0.25, -0.2) is 9.59 Å². The van der Waals surface area contributed by atoms with Crippen LogP contribution >= 0.6 is 11.8 Å². The van der Waals surface area contributed by atoms with Crippen molar-refractivity contribution < 1.29 is 23.9 Å². The van der Waals surface area contributed by atoms with Crippen LogP contribution in [0.4, 0.5) is 9.59 Å². The van der Waals surface area contributed by atoms with Crippen LogP contribution in [0.2, 0.25) is 0 Å². The molecule has 0 saturated carbocycles. The number of imidazole rings is 1. The van der Waals surface area contributed by atoms with E-state index in [9.17, 15) is 14.4 Å². The van der Waals surface area contributed by atoms with Crippen LogP contribution < -0.4 is 5.62 Å². The second-order valence-electron chi connectivity index (χ2n) is 7.97. The van der Waals surface area contributed by atoms with Crippen molar-refractivity contribution in [1.82, 2.24) is 14.0 Å². The third kappa shape index (κ3) is 7.22. The van der Waals surface area contributed by atoms with E-state index in [-0.39, 0.29) is 29.6 Å². The Labute approximate surface area is 208 Å². The van der Waals surface area contributed by atoms with Gasteiger partial charge in [-0.05, 0) is 12.8 Å². The summed E-state index contributed by atoms with van der Waals surface area (Å²) in [5.74, 6) is 0. The summed E-state index contributed by atoms with van der Waals surface area (Å²) < 4.78 is 13.8. The van der Waals surface area contributed by atoms with Crippen molar-refractivity contribution in [2.45, 2.75) is 30.7 Å². The van der Waals surface area contributed by atoms with Gasteiger partial charge in [0.15, 0.2) is 0 Å². The smallest absolute Gasteiger partial charge is 0.437 e. The molecule has 2 aromatic rings. The van der Waals surface area contributed by atoms with Crippen molar-refractivity contribution in [3.05, 3.63) is 79.2 Å². The van der Waals surface area contributed by atoms with Crippen molar-refractivity contribution in [2.75, 3.05) is 19.8 Å². The maximum atomic E-state index is 12.7. The van der Waals surface area contributed by atoms with E-state index in [1.807, 2.05) is 29.0 Å². The Balaban J connectivity index is 1.71. The number of hydrogen-bond acceptors (Lipinski definition) is 6. The first-order chi connectivity index (χ1) is 16.9. The molecule has 0 N–H and O–H groups in total. The largest absolute Gasteiger partial charge is 0.445 e. The monoisotopic (exact) mass is 498 g/mol. The van der Waals surface area contributed by atoms with Crippen molar-refractivity contribution in [3.63, 3.8) is 0 Å². The maximum Gasteiger partial charge on any atom is 0.437 e. The Bertz CT molecular complexity index is 1120. The summed E-state index contributed by atoms with van der Waals surface area (Å²) >= 11 is 1.25. The normalized spacial score (nSPS) is 17.7. The molecule has 2 heterocycles. The fourth-order valence-corrected chi connectivity index (χ4v) is 4.96. The average molecular weight is 499 g/mol. The molecule has 0 unspecified atom stereocenters. The molecular formula is C25H30N4O5S. The minimum Gasteiger partial charge on any atom is -0.445 e. The molecule has 0 bridgehead atoms. The van der Waals surface area contributed by atoms with Crippen LogP contribution in [0.15, 0.2) is 73.0 Å². The minimum absolute atomic E-state index is 0.0211. The summed E-state index contributed by atoms with van der Waals surface area (Å²) in [6.07, 6.45) is 6.72. The number of ether oxygens (including phenoxy) is 2. The molecule has 2 amide bonds. The molecule has 1 fully saturated rings. The second-order valence-corrected chi connectivity index (χ2v) is 9.24. The van der Waals surface area contributed by atoms with Gasteiger partial charge < -0.3 is 23.5 Å². The molecule has 10 heteroatoms. The van der Waals surface area contributed by atoms with E-state index >= 15 is 0 Å². The van der Waals surface area contributed by atoms with Crippen molar-refractivity contribution in [1.29, 1.82) is 0 Å². The SMILES string of the molecule is C=CCOC(=O)N=c1n(C)ccn1CC[C@@H]1C[C@H](SC(=O)c2ccccc2)CN1C(=O)OCC=C. The average Bonchev–Trinajstić information content (AvgIpc) is 3.43. The highest BCUT2D eigenvalue weighted by Gasteiger charge is 2.37. The van der Waals surface area contributed by atoms with Gasteiger partial charge in [0, 0.05) is 49.4 Å². The lowest BCUT2D eigenvalue weighted by molar-refractivity contribution is 0.105. The van der Waals surface area contributed by atoms with Gasteiger partial charge in [-0.1, -0.05) is 67.4 Å². The molecule has 1 aromatic carbocycles. The summed E-state index contributed by atoms with van der Waals surface area (Å²) in [6, 6.07) is 8.96. The topological polar surface area (TPSA) is 95.1 Å². The summed E-state index contributed by atoms with van der Waals surface area (Å²) in [7, 11) is 1.78. The summed E-state index contributed by atoms with van der Waals surface area (Å²) in [6.45, 7) is 8.23. The van der Waals surface area contributed by atoms with E-state index < -0.39 is 12.2 Å². The molecule has 0 aliphatic carbocycles. The second kappa shape index (κ2) is 12.8. The highest BCUT2D eigenvalue weighted by atomic mass is 32.2. The molecule has 0 radical (unpaired) electrons. The van der Waals surface area contributed by atoms with E-state index in [0.717, 1.165) is 0 Å². The number of aromatic nitrogens is 2. The van der Waals surface area contributed by atoms with Gasteiger partial charge in [-0.3, -0.25) is 4.79 Å². The van der Waals surface area contributed by atoms with Crippen LogP contribution in [0.1, 0.15) is 23.2 Å². The zero-order valence-corrected chi connectivity index (χ0v) is 20.6. The lowest BCUT2D eigenvalue weighted by Crippen LogP contribution is -2.37. The number of rotatable bonds is 9. The number of carbonyl (C=O) groups excluding carboxylic acids is 3. The van der Waals surface area contributed by atoms with Crippen LogP contribution in [-0.4, -0.2) is 62.4 Å². The highest BCUT2D eigenvalue weighted by Crippen LogP contribution is 2.32. The van der Waals surface area contributed by atoms with E-state index in [1.165, 1.54) is 23.9 Å². The number of amides is 2. The number of nitrogens with zero attached hydrogens (tertiary/aromatic N) is 4. The number of likely N-dealkylation sites (tertiary alicyclic amines) is 1. The molecule has 3 rings (SSSR count). The fourth-order valence-electron chi connectivity index (χ4n) is 3.83. The Hall–Kier alpha value is -3.53. The van der Waals surface area contributed by atoms with Crippen molar-refractivity contribution in [2.24, 2.45) is 12.0 Å². The molecule has 1 aliphatic rings. The van der Waals surface area contributed by atoms with Crippen LogP contribution in [-0.2, 0) is 23.1 Å². The third-order valence-corrected chi connectivity index (χ3v) is 6.60. The van der Waals surface area contributed by atoms with Gasteiger partial charge in [0.2, 0.25) is 10.7 Å². The van der Waals surface area contributed by atoms with E-state index in [1.54, 1.807) is 34.8 Å². The first-order valence-electron chi connectivity index (χ1n) is 11.3. The first kappa shape index (κ1) is 26.1. The molecule has 186 valence electrons. The van der Waals surface area contributed by atoms with Crippen LogP contribution in [0.5, 0.6) is 0 Å². The third-order valence-electron chi connectivity index (χ3n) is 5.48. The number of aryl methyl sites for hydroxylation is 2. The first-order valence-corrected chi connectivity index (χ1v) is 12.1. The van der Waals surface area contributed by atoms with Gasteiger partial charge in [0.05, 0.1) is 0 Å². The van der Waals surface area contributed by atoms with Crippen LogP contribution in [0.25, 0.3) is 0 Å². The standard InChI is InChI=1S/C25H30N4O5S/c1-4-15-33-24(31)26-23-27(3)13-14-28(23)12-11-20-17-21(18-29(20)25(32)34-16-5-2)35-22(30)19-9-7-6-8-10-19/h4-10,13-14,20-21H,1-2,11-12,15-18H2,3H3/t20-,21+/m1/s1. The zero-order chi connectivity index (χ0) is 25.2. The quantitative estimate of drug-likeness (QED) is 0.489. The predicted octanol–water partition coefficient (Wildman–Crippen LogP) is 3.78. The number of carbonyl (C=O) groups is 3. The van der Waals surface area contributed by atoms with Gasteiger partial charge in [0.1, 0.15) is 13.2 Å². The van der Waals surface area contributed by atoms with Crippen LogP contribution in [0, 0.1) is 0 Å². The van der Waals surface area contributed by atoms with Gasteiger partial charge in [-0.15, -0.1) is 4.99 Å². The fraction of sp³-hybridized carbons (Fsp3) is 0.360. The van der Waals surface area contributed by atoms with Crippen molar-refractivity contribution >= 4 is 29.1 Å². The molecule has 1 aromatic heterocycles. The number of benzene rings is 1. The van der Waals surface area contributed by atoms with E-state index in [0.29, 0.717) is 37.1 Å². The highest BCUT2D eigenvalue weighted by molar-refractivity contribution is 8.14. The Kier molecular flexibility index (Phi) is 9.54. The number of thioether (sulfide) groups is 1. The van der Waals surface area contributed by atoms with E-state index in [2.05, 4.69) is 18.2 Å². The Morgan fingerprint density at radius 1 is 1.11 bits per heavy atom. The molecule has 1 aliphatic heterocycles. The number of hydrogen-bond donors (Lipinski definition) is 0. The van der Waals surface area contributed by atoms with Crippen molar-refractivity contribution in [3.8, 4) is 0 Å². The maximum absolute atomic E-state index is 12.7. The Morgan fingerprint density at radius 3 is 2.54 bits per heavy atom. The Morgan fingerprint density at radius 2 is 1.83 bits per heavy atom. The van der Waals surface area contributed by atoms with Gasteiger partial charge in [0.25, 0.3) is 0 Å². The van der Waals surface area contributed by atoms with E-state index in [4.69, 9.17) is 9.47 Å². The van der Waals surface area contributed by atoms with Gasteiger partial charge >= 0.3 is 12.2 Å². The summed E-state index contributed by atoms with van der Waals surface area (Å²) in [5, 5.41) is -0.0741. The molecule has 2 atom stereocenters. The summed E-state index contributed by atoms with van der Waals surface area (Å²) in [4.78, 5) is 43.1. The van der Waals surface area contributed by atoms with Gasteiger partial charge in [-0.2, -0.15) is 0 Å². The predicted molar refractivity (Wildman–Crippen MR) is 134 cm³/mol. The summed E-state index contributed by atoms with van der Waals surface area (Å²) in [5.41, 5.74) is 1.07. The molecule has 0 spiro atoms. The molecule has 35 heavy (non-hydrogen) atoms. The minimum atomic E-state index is -0.702.